The summed E-state index contributed by atoms with van der Waals surface area (Å²) < 4.78 is 36.4. The third-order valence-corrected chi connectivity index (χ3v) is 3.36. The molecule has 0 saturated carbocycles. The predicted octanol–water partition coefficient (Wildman–Crippen LogP) is 1.72. The number of hydrogen-bond acceptors (Lipinski definition) is 2. The van der Waals surface area contributed by atoms with Crippen LogP contribution in [0.3, 0.4) is 0 Å². The lowest BCUT2D eigenvalue weighted by Crippen LogP contribution is -2.82. The summed E-state index contributed by atoms with van der Waals surface area (Å²) in [5.41, 5.74) is 0.0888. The Hall–Kier alpha value is -0.290. The van der Waals surface area contributed by atoms with E-state index in [-0.39, 0.29) is 11.6 Å². The molecule has 2 saturated heterocycles. The summed E-state index contributed by atoms with van der Waals surface area (Å²) >= 11 is 0. The van der Waals surface area contributed by atoms with E-state index in [0.717, 1.165) is 6.54 Å². The Morgan fingerprint density at radius 2 is 1.67 bits per heavy atom. The Labute approximate surface area is 88.0 Å². The molecule has 0 radical (unpaired) electrons. The lowest BCUT2D eigenvalue weighted by molar-refractivity contribution is -0.214. The highest BCUT2D eigenvalue weighted by Crippen LogP contribution is 2.39. The van der Waals surface area contributed by atoms with Crippen LogP contribution in [0.1, 0.15) is 20.8 Å². The number of alkyl halides is 3. The van der Waals surface area contributed by atoms with Gasteiger partial charge in [0.25, 0.3) is 0 Å². The first-order chi connectivity index (χ1) is 6.68. The summed E-state index contributed by atoms with van der Waals surface area (Å²) in [6.07, 6.45) is -4.05. The van der Waals surface area contributed by atoms with Gasteiger partial charge in [-0.2, -0.15) is 13.2 Å². The molecule has 15 heavy (non-hydrogen) atoms. The molecular weight excluding hydrogens is 205 g/mol. The van der Waals surface area contributed by atoms with Gasteiger partial charge in [-0.3, -0.25) is 9.80 Å². The fourth-order valence-corrected chi connectivity index (χ4v) is 2.53. The molecule has 0 bridgehead atoms. The van der Waals surface area contributed by atoms with Crippen molar-refractivity contribution < 1.29 is 13.2 Å². The molecule has 2 atom stereocenters. The average molecular weight is 222 g/mol. The number of nitrogens with zero attached hydrogens (tertiary/aromatic N) is 2. The molecule has 0 spiro atoms. The highest BCUT2D eigenvalue weighted by atomic mass is 19.4. The Morgan fingerprint density at radius 3 is 2.00 bits per heavy atom. The van der Waals surface area contributed by atoms with Crippen LogP contribution in [0.5, 0.6) is 0 Å². The zero-order chi connectivity index (χ0) is 11.4. The third-order valence-electron chi connectivity index (χ3n) is 3.36. The van der Waals surface area contributed by atoms with Gasteiger partial charge in [0.1, 0.15) is 0 Å². The molecule has 0 aromatic rings. The molecule has 2 aliphatic rings. The molecule has 0 N–H and O–H groups in total. The SMILES string of the molecule is CC(C)(C)N1CC2[C@H]1CN2CC(F)(F)F. The van der Waals surface area contributed by atoms with E-state index in [1.54, 1.807) is 0 Å². The molecule has 88 valence electrons. The molecule has 0 aliphatic carbocycles. The van der Waals surface area contributed by atoms with Crippen molar-refractivity contribution in [3.05, 3.63) is 0 Å². The summed E-state index contributed by atoms with van der Waals surface area (Å²) in [5.74, 6) is 0. The van der Waals surface area contributed by atoms with Crippen LogP contribution >= 0.6 is 0 Å². The maximum atomic E-state index is 12.1. The standard InChI is InChI=1S/C10H17F3N2/c1-9(2,3)15-5-7-8(15)4-14(7)6-10(11,12)13/h7-8H,4-6H2,1-3H3/t7?,8-/m1/s1. The Kier molecular flexibility index (Phi) is 2.32. The zero-order valence-corrected chi connectivity index (χ0v) is 9.30. The molecule has 0 amide bonds. The fourth-order valence-electron chi connectivity index (χ4n) is 2.53. The van der Waals surface area contributed by atoms with E-state index in [1.807, 2.05) is 0 Å². The maximum absolute atomic E-state index is 12.1. The highest BCUT2D eigenvalue weighted by molar-refractivity contribution is 5.11. The minimum Gasteiger partial charge on any atom is -0.291 e. The molecule has 5 heteroatoms. The van der Waals surface area contributed by atoms with Crippen molar-refractivity contribution in [3.63, 3.8) is 0 Å². The first-order valence-corrected chi connectivity index (χ1v) is 5.26. The smallest absolute Gasteiger partial charge is 0.291 e. The molecule has 2 nitrogen and oxygen atoms in total. The van der Waals surface area contributed by atoms with Crippen molar-refractivity contribution in [1.82, 2.24) is 9.80 Å². The van der Waals surface area contributed by atoms with Crippen LogP contribution in [-0.2, 0) is 0 Å². The van der Waals surface area contributed by atoms with Crippen molar-refractivity contribution >= 4 is 0 Å². The van der Waals surface area contributed by atoms with Gasteiger partial charge in [-0.15, -0.1) is 0 Å². The van der Waals surface area contributed by atoms with Crippen molar-refractivity contribution in [3.8, 4) is 0 Å². The van der Waals surface area contributed by atoms with Gasteiger partial charge in [0.2, 0.25) is 0 Å². The van der Waals surface area contributed by atoms with Crippen LogP contribution < -0.4 is 0 Å². The maximum Gasteiger partial charge on any atom is 0.401 e. The van der Waals surface area contributed by atoms with E-state index in [2.05, 4.69) is 25.7 Å². The van der Waals surface area contributed by atoms with Crippen LogP contribution in [0.2, 0.25) is 0 Å². The van der Waals surface area contributed by atoms with Gasteiger partial charge >= 0.3 is 6.18 Å². The lowest BCUT2D eigenvalue weighted by atomic mass is 9.81. The minimum absolute atomic E-state index is 0.0888. The van der Waals surface area contributed by atoms with Gasteiger partial charge < -0.3 is 0 Å². The lowest BCUT2D eigenvalue weighted by Gasteiger charge is -2.65. The monoisotopic (exact) mass is 222 g/mol. The molecule has 1 unspecified atom stereocenters. The molecular formula is C10H17F3N2. The largest absolute Gasteiger partial charge is 0.401 e. The second kappa shape index (κ2) is 3.10. The third kappa shape index (κ3) is 1.99. The van der Waals surface area contributed by atoms with Gasteiger partial charge in [-0.1, -0.05) is 0 Å². The quantitative estimate of drug-likeness (QED) is 0.666. The normalized spacial score (nSPS) is 33.2. The number of rotatable bonds is 1. The Bertz CT molecular complexity index is 252. The average Bonchev–Trinajstić information content (AvgIpc) is 1.93. The molecule has 0 aromatic heterocycles. The first-order valence-electron chi connectivity index (χ1n) is 5.26. The van der Waals surface area contributed by atoms with Crippen LogP contribution in [0.25, 0.3) is 0 Å². The van der Waals surface area contributed by atoms with Crippen molar-refractivity contribution in [2.24, 2.45) is 0 Å². The van der Waals surface area contributed by atoms with Crippen LogP contribution in [-0.4, -0.2) is 53.2 Å². The summed E-state index contributed by atoms with van der Waals surface area (Å²) in [7, 11) is 0. The van der Waals surface area contributed by atoms with Crippen molar-refractivity contribution in [2.45, 2.75) is 44.6 Å². The first kappa shape index (κ1) is 11.2. The summed E-state index contributed by atoms with van der Waals surface area (Å²) in [6.45, 7) is 6.93. The van der Waals surface area contributed by atoms with Gasteiger partial charge in [-0.05, 0) is 20.8 Å². The second-order valence-electron chi connectivity index (χ2n) is 5.50. The van der Waals surface area contributed by atoms with Gasteiger partial charge in [0.05, 0.1) is 6.54 Å². The van der Waals surface area contributed by atoms with E-state index >= 15 is 0 Å². The van der Waals surface area contributed by atoms with Crippen LogP contribution in [0.15, 0.2) is 0 Å². The van der Waals surface area contributed by atoms with E-state index in [4.69, 9.17) is 0 Å². The summed E-state index contributed by atoms with van der Waals surface area (Å²) in [5, 5.41) is 0. The Balaban J connectivity index is 1.83. The summed E-state index contributed by atoms with van der Waals surface area (Å²) in [4.78, 5) is 3.82. The molecule has 2 aliphatic heterocycles. The van der Waals surface area contributed by atoms with E-state index < -0.39 is 12.7 Å². The second-order valence-corrected chi connectivity index (χ2v) is 5.50. The summed E-state index contributed by atoms with van der Waals surface area (Å²) in [6, 6.07) is 0.498. The number of fused-ring (bicyclic) bond motifs is 1. The predicted molar refractivity (Wildman–Crippen MR) is 51.7 cm³/mol. The minimum atomic E-state index is -4.05. The topological polar surface area (TPSA) is 6.48 Å². The van der Waals surface area contributed by atoms with Gasteiger partial charge in [0, 0.05) is 30.7 Å². The van der Waals surface area contributed by atoms with Gasteiger partial charge in [-0.25, -0.2) is 0 Å². The van der Waals surface area contributed by atoms with E-state index in [0.29, 0.717) is 12.6 Å². The highest BCUT2D eigenvalue weighted by Gasteiger charge is 2.56. The molecule has 2 rings (SSSR count). The Morgan fingerprint density at radius 1 is 1.07 bits per heavy atom. The fraction of sp³-hybridized carbons (Fsp3) is 1.00. The molecule has 2 heterocycles. The van der Waals surface area contributed by atoms with E-state index in [9.17, 15) is 13.2 Å². The number of hydrogen-bond donors (Lipinski definition) is 0. The van der Waals surface area contributed by atoms with Crippen molar-refractivity contribution in [2.75, 3.05) is 19.6 Å². The van der Waals surface area contributed by atoms with E-state index in [1.165, 1.54) is 4.90 Å². The number of likely N-dealkylation sites (tertiary alicyclic amines) is 2. The number of halogens is 3. The van der Waals surface area contributed by atoms with Crippen molar-refractivity contribution in [1.29, 1.82) is 0 Å². The van der Waals surface area contributed by atoms with Gasteiger partial charge in [0.15, 0.2) is 0 Å². The molecule has 0 aromatic carbocycles. The van der Waals surface area contributed by atoms with Crippen LogP contribution in [0, 0.1) is 0 Å². The molecule has 2 fully saturated rings. The number of piperazine rings is 1. The van der Waals surface area contributed by atoms with Crippen LogP contribution in [0.4, 0.5) is 13.2 Å². The zero-order valence-electron chi connectivity index (χ0n) is 9.30.